The normalized spacial score (nSPS) is 13.2. The van der Waals surface area contributed by atoms with Crippen LogP contribution < -0.4 is 0 Å². The van der Waals surface area contributed by atoms with E-state index in [1.807, 2.05) is 6.92 Å². The molecular formula is C7H14O2. The quantitative estimate of drug-likeness (QED) is 0.619. The Labute approximate surface area is 55.9 Å². The Kier molecular flexibility index (Phi) is 4.32. The fraction of sp³-hybridized carbons (Fsp3) is 0.857. The van der Waals surface area contributed by atoms with Crippen LogP contribution in [-0.4, -0.2) is 17.0 Å². The van der Waals surface area contributed by atoms with Crippen LogP contribution in [0.2, 0.25) is 0 Å². The molecule has 2 heteroatoms. The maximum absolute atomic E-state index is 10.7. The third-order valence-corrected chi connectivity index (χ3v) is 1.05. The van der Waals surface area contributed by atoms with E-state index in [0.29, 0.717) is 12.8 Å². The van der Waals surface area contributed by atoms with E-state index in [1.54, 1.807) is 6.92 Å². The highest BCUT2D eigenvalue weighted by Gasteiger charge is 2.03. The van der Waals surface area contributed by atoms with Crippen molar-refractivity contribution < 1.29 is 9.90 Å². The van der Waals surface area contributed by atoms with Gasteiger partial charge < -0.3 is 5.11 Å². The molecule has 0 spiro atoms. The maximum Gasteiger partial charge on any atom is 0.135 e. The van der Waals surface area contributed by atoms with E-state index >= 15 is 0 Å². The molecule has 0 heterocycles. The number of hydrogen-bond acceptors (Lipinski definition) is 2. The van der Waals surface area contributed by atoms with E-state index in [9.17, 15) is 4.79 Å². The van der Waals surface area contributed by atoms with E-state index in [1.165, 1.54) is 0 Å². The summed E-state index contributed by atoms with van der Waals surface area (Å²) >= 11 is 0. The zero-order valence-electron chi connectivity index (χ0n) is 6.05. The van der Waals surface area contributed by atoms with E-state index in [2.05, 4.69) is 0 Å². The average Bonchev–Trinajstić information content (AvgIpc) is 1.63. The van der Waals surface area contributed by atoms with Crippen LogP contribution in [0, 0.1) is 0 Å². The fourth-order valence-corrected chi connectivity index (χ4v) is 0.710. The van der Waals surface area contributed by atoms with Crippen LogP contribution in [0.5, 0.6) is 0 Å². The number of Topliss-reactive ketones (excluding diaryl/α,β-unsaturated/α-hetero) is 1. The highest BCUT2D eigenvalue weighted by Crippen LogP contribution is 1.97. The molecule has 0 aliphatic heterocycles. The molecule has 0 aromatic heterocycles. The van der Waals surface area contributed by atoms with Gasteiger partial charge in [-0.15, -0.1) is 0 Å². The predicted molar refractivity (Wildman–Crippen MR) is 36.2 cm³/mol. The zero-order valence-corrected chi connectivity index (χ0v) is 6.05. The van der Waals surface area contributed by atoms with Crippen LogP contribution >= 0.6 is 0 Å². The van der Waals surface area contributed by atoms with Gasteiger partial charge in [-0.3, -0.25) is 4.79 Å². The van der Waals surface area contributed by atoms with Gasteiger partial charge in [-0.2, -0.15) is 0 Å². The second-order valence-corrected chi connectivity index (χ2v) is 2.34. The van der Waals surface area contributed by atoms with Crippen molar-refractivity contribution in [2.45, 2.75) is 39.2 Å². The summed E-state index contributed by atoms with van der Waals surface area (Å²) in [5.41, 5.74) is 0. The Balaban J connectivity index is 3.27. The lowest BCUT2D eigenvalue weighted by Crippen LogP contribution is -2.08. The summed E-state index contributed by atoms with van der Waals surface area (Å²) in [5, 5.41) is 8.73. The van der Waals surface area contributed by atoms with E-state index < -0.39 is 6.10 Å². The van der Waals surface area contributed by atoms with Gasteiger partial charge in [-0.05, 0) is 13.3 Å². The van der Waals surface area contributed by atoms with Crippen LogP contribution in [0.4, 0.5) is 0 Å². The molecule has 9 heavy (non-hydrogen) atoms. The van der Waals surface area contributed by atoms with Crippen molar-refractivity contribution in [3.05, 3.63) is 0 Å². The maximum atomic E-state index is 10.7. The minimum atomic E-state index is -0.468. The second kappa shape index (κ2) is 4.50. The summed E-state index contributed by atoms with van der Waals surface area (Å²) in [7, 11) is 0. The Bertz CT molecular complexity index is 86.9. The van der Waals surface area contributed by atoms with Gasteiger partial charge in [0.25, 0.3) is 0 Å². The van der Waals surface area contributed by atoms with Crippen molar-refractivity contribution in [3.8, 4) is 0 Å². The fourth-order valence-electron chi connectivity index (χ4n) is 0.710. The summed E-state index contributed by atoms with van der Waals surface area (Å²) < 4.78 is 0. The first-order valence-electron chi connectivity index (χ1n) is 3.36. The highest BCUT2D eigenvalue weighted by atomic mass is 16.3. The van der Waals surface area contributed by atoms with Gasteiger partial charge >= 0.3 is 0 Å². The van der Waals surface area contributed by atoms with Gasteiger partial charge in [-0.1, -0.05) is 6.92 Å². The Hall–Kier alpha value is -0.370. The molecule has 0 radical (unpaired) electrons. The lowest BCUT2D eigenvalue weighted by Gasteiger charge is -1.99. The standard InChI is InChI=1S/C7H14O2/c1-3-4-7(9)5-6(2)8/h6,8H,3-5H2,1-2H3/t6-/m0/s1. The van der Waals surface area contributed by atoms with Gasteiger partial charge in [0.05, 0.1) is 6.10 Å². The first-order chi connectivity index (χ1) is 4.16. The molecule has 0 aliphatic rings. The molecule has 1 N–H and O–H groups in total. The van der Waals surface area contributed by atoms with Crippen LogP contribution in [0.1, 0.15) is 33.1 Å². The molecular weight excluding hydrogens is 116 g/mol. The number of rotatable bonds is 4. The molecule has 0 saturated heterocycles. The smallest absolute Gasteiger partial charge is 0.135 e. The molecule has 0 fully saturated rings. The molecule has 0 aliphatic carbocycles. The van der Waals surface area contributed by atoms with Crippen molar-refractivity contribution in [1.82, 2.24) is 0 Å². The summed E-state index contributed by atoms with van der Waals surface area (Å²) in [4.78, 5) is 10.7. The molecule has 2 nitrogen and oxygen atoms in total. The minimum Gasteiger partial charge on any atom is -0.393 e. The minimum absolute atomic E-state index is 0.160. The number of ketones is 1. The molecule has 0 rings (SSSR count). The van der Waals surface area contributed by atoms with Crippen molar-refractivity contribution in [2.75, 3.05) is 0 Å². The molecule has 54 valence electrons. The van der Waals surface area contributed by atoms with Gasteiger partial charge in [0.1, 0.15) is 5.78 Å². The van der Waals surface area contributed by atoms with Crippen molar-refractivity contribution >= 4 is 5.78 Å². The molecule has 0 saturated carbocycles. The number of hydrogen-bond donors (Lipinski definition) is 1. The van der Waals surface area contributed by atoms with Gasteiger partial charge in [-0.25, -0.2) is 0 Å². The summed E-state index contributed by atoms with van der Waals surface area (Å²) in [6, 6.07) is 0. The first-order valence-corrected chi connectivity index (χ1v) is 3.36. The van der Waals surface area contributed by atoms with Gasteiger partial charge in [0.2, 0.25) is 0 Å². The topological polar surface area (TPSA) is 37.3 Å². The van der Waals surface area contributed by atoms with Crippen LogP contribution in [0.25, 0.3) is 0 Å². The monoisotopic (exact) mass is 130 g/mol. The van der Waals surface area contributed by atoms with Gasteiger partial charge in [0.15, 0.2) is 0 Å². The molecule has 0 aromatic carbocycles. The first kappa shape index (κ1) is 8.63. The Morgan fingerprint density at radius 2 is 2.22 bits per heavy atom. The third-order valence-electron chi connectivity index (χ3n) is 1.05. The second-order valence-electron chi connectivity index (χ2n) is 2.34. The average molecular weight is 130 g/mol. The Morgan fingerprint density at radius 1 is 1.67 bits per heavy atom. The van der Waals surface area contributed by atoms with Crippen molar-refractivity contribution in [1.29, 1.82) is 0 Å². The van der Waals surface area contributed by atoms with Crippen molar-refractivity contribution in [2.24, 2.45) is 0 Å². The molecule has 1 atom stereocenters. The van der Waals surface area contributed by atoms with E-state index in [4.69, 9.17) is 5.11 Å². The van der Waals surface area contributed by atoms with Gasteiger partial charge in [0, 0.05) is 12.8 Å². The number of carbonyl (C=O) groups is 1. The third kappa shape index (κ3) is 5.50. The lowest BCUT2D eigenvalue weighted by atomic mass is 10.1. The van der Waals surface area contributed by atoms with E-state index in [0.717, 1.165) is 6.42 Å². The molecule has 0 unspecified atom stereocenters. The highest BCUT2D eigenvalue weighted by molar-refractivity contribution is 5.78. The lowest BCUT2D eigenvalue weighted by molar-refractivity contribution is -0.120. The predicted octanol–water partition coefficient (Wildman–Crippen LogP) is 1.13. The van der Waals surface area contributed by atoms with Crippen LogP contribution in [0.15, 0.2) is 0 Å². The number of aliphatic hydroxyl groups is 1. The summed E-state index contributed by atoms with van der Waals surface area (Å²) in [5.74, 6) is 0.160. The number of aliphatic hydroxyl groups excluding tert-OH is 1. The SMILES string of the molecule is CCCC(=O)C[C@H](C)O. The zero-order chi connectivity index (χ0) is 7.28. The molecule has 0 amide bonds. The molecule has 0 aromatic rings. The number of carbonyl (C=O) groups excluding carboxylic acids is 1. The summed E-state index contributed by atoms with van der Waals surface area (Å²) in [6.45, 7) is 3.59. The molecule has 0 bridgehead atoms. The largest absolute Gasteiger partial charge is 0.393 e. The van der Waals surface area contributed by atoms with Crippen LogP contribution in [-0.2, 0) is 4.79 Å². The van der Waals surface area contributed by atoms with Crippen molar-refractivity contribution in [3.63, 3.8) is 0 Å². The Morgan fingerprint density at radius 3 is 2.56 bits per heavy atom. The van der Waals surface area contributed by atoms with Crippen LogP contribution in [0.3, 0.4) is 0 Å². The summed E-state index contributed by atoms with van der Waals surface area (Å²) in [6.07, 6.45) is 1.33. The van der Waals surface area contributed by atoms with E-state index in [-0.39, 0.29) is 5.78 Å².